The van der Waals surface area contributed by atoms with Crippen molar-refractivity contribution in [2.75, 3.05) is 19.5 Å². The van der Waals surface area contributed by atoms with E-state index >= 15 is 0 Å². The molecule has 1 aromatic heterocycles. The lowest BCUT2D eigenvalue weighted by atomic mass is 10.3. The lowest BCUT2D eigenvalue weighted by Crippen LogP contribution is -2.02. The number of hydrogen-bond donors (Lipinski definition) is 1. The van der Waals surface area contributed by atoms with Crippen molar-refractivity contribution >= 4 is 17.4 Å². The summed E-state index contributed by atoms with van der Waals surface area (Å²) in [4.78, 5) is 9.20. The lowest BCUT2D eigenvalue weighted by molar-refractivity contribution is 0.327. The molecule has 0 bridgehead atoms. The molecule has 0 saturated carbocycles. The Hall–Kier alpha value is -1.95. The summed E-state index contributed by atoms with van der Waals surface area (Å²) in [5, 5.41) is 0.684. The number of aromatic nitrogens is 2. The second kappa shape index (κ2) is 6.29. The molecule has 0 atom stereocenters. The van der Waals surface area contributed by atoms with Gasteiger partial charge in [0, 0.05) is 4.90 Å². The molecule has 0 radical (unpaired) electrons. The van der Waals surface area contributed by atoms with Crippen LogP contribution in [-0.4, -0.2) is 23.7 Å². The summed E-state index contributed by atoms with van der Waals surface area (Å²) < 4.78 is 10.5. The van der Waals surface area contributed by atoms with E-state index in [0.717, 1.165) is 10.6 Å². The summed E-state index contributed by atoms with van der Waals surface area (Å²) in [5.74, 6) is 1.24. The van der Waals surface area contributed by atoms with Gasteiger partial charge in [-0.05, 0) is 31.2 Å². The first-order valence-corrected chi connectivity index (χ1v) is 6.61. The van der Waals surface area contributed by atoms with Crippen molar-refractivity contribution in [2.45, 2.75) is 16.8 Å². The number of ether oxygens (including phenoxy) is 2. The number of nitrogens with two attached hydrogens (primary N) is 1. The Morgan fingerprint density at radius 3 is 2.58 bits per heavy atom. The van der Waals surface area contributed by atoms with Crippen LogP contribution in [0.1, 0.15) is 6.92 Å². The monoisotopic (exact) mass is 277 g/mol. The second-order valence-electron chi connectivity index (χ2n) is 3.61. The fraction of sp³-hybridized carbons (Fsp3) is 0.231. The highest BCUT2D eigenvalue weighted by atomic mass is 32.2. The van der Waals surface area contributed by atoms with E-state index in [-0.39, 0.29) is 0 Å². The maximum Gasteiger partial charge on any atom is 0.241 e. The van der Waals surface area contributed by atoms with Gasteiger partial charge in [0.25, 0.3) is 0 Å². The van der Waals surface area contributed by atoms with Crippen LogP contribution in [0.3, 0.4) is 0 Å². The highest BCUT2D eigenvalue weighted by molar-refractivity contribution is 7.99. The molecule has 100 valence electrons. The highest BCUT2D eigenvalue weighted by Gasteiger charge is 2.10. The van der Waals surface area contributed by atoms with Gasteiger partial charge in [-0.2, -0.15) is 4.98 Å². The second-order valence-corrected chi connectivity index (χ2v) is 4.67. The molecule has 1 heterocycles. The molecule has 0 fully saturated rings. The fourth-order valence-electron chi connectivity index (χ4n) is 1.45. The summed E-state index contributed by atoms with van der Waals surface area (Å²) in [7, 11) is 1.64. The Bertz CT molecular complexity index is 546. The zero-order chi connectivity index (χ0) is 13.7. The number of rotatable bonds is 5. The number of benzene rings is 1. The first kappa shape index (κ1) is 13.5. The molecule has 1 aromatic carbocycles. The van der Waals surface area contributed by atoms with E-state index in [0.29, 0.717) is 23.2 Å². The minimum atomic E-state index is 0.425. The van der Waals surface area contributed by atoms with Gasteiger partial charge in [0.1, 0.15) is 22.8 Å². The lowest BCUT2D eigenvalue weighted by Gasteiger charge is -2.08. The maximum absolute atomic E-state index is 5.98. The van der Waals surface area contributed by atoms with E-state index < -0.39 is 0 Å². The van der Waals surface area contributed by atoms with Gasteiger partial charge < -0.3 is 15.2 Å². The van der Waals surface area contributed by atoms with E-state index in [4.69, 9.17) is 15.2 Å². The van der Waals surface area contributed by atoms with Crippen LogP contribution in [0.25, 0.3) is 0 Å². The molecule has 0 aliphatic heterocycles. The third-order valence-electron chi connectivity index (χ3n) is 2.37. The van der Waals surface area contributed by atoms with Gasteiger partial charge in [-0.3, -0.25) is 0 Å². The van der Waals surface area contributed by atoms with Crippen LogP contribution < -0.4 is 15.2 Å². The van der Waals surface area contributed by atoms with Crippen molar-refractivity contribution in [2.24, 2.45) is 0 Å². The quantitative estimate of drug-likeness (QED) is 0.847. The number of methoxy groups -OCH3 is 1. The molecule has 0 amide bonds. The number of nitrogen functional groups attached to an aromatic ring is 1. The van der Waals surface area contributed by atoms with Crippen molar-refractivity contribution in [3.8, 4) is 11.6 Å². The van der Waals surface area contributed by atoms with E-state index in [1.807, 2.05) is 31.2 Å². The molecule has 0 unspecified atom stereocenters. The molecular weight excluding hydrogens is 262 g/mol. The van der Waals surface area contributed by atoms with Crippen molar-refractivity contribution in [3.63, 3.8) is 0 Å². The fourth-order valence-corrected chi connectivity index (χ4v) is 2.25. The minimum Gasteiger partial charge on any atom is -0.497 e. The molecule has 0 aliphatic rings. The molecule has 2 N–H and O–H groups in total. The van der Waals surface area contributed by atoms with Gasteiger partial charge in [0.2, 0.25) is 5.88 Å². The zero-order valence-corrected chi connectivity index (χ0v) is 11.6. The predicted molar refractivity (Wildman–Crippen MR) is 74.7 cm³/mol. The highest BCUT2D eigenvalue weighted by Crippen LogP contribution is 2.34. The minimum absolute atomic E-state index is 0.425. The van der Waals surface area contributed by atoms with Gasteiger partial charge in [-0.1, -0.05) is 11.8 Å². The largest absolute Gasteiger partial charge is 0.497 e. The van der Waals surface area contributed by atoms with Crippen molar-refractivity contribution in [3.05, 3.63) is 30.6 Å². The summed E-state index contributed by atoms with van der Waals surface area (Å²) >= 11 is 1.46. The van der Waals surface area contributed by atoms with Crippen LogP contribution in [0.15, 0.2) is 40.5 Å². The molecule has 2 rings (SSSR count). The summed E-state index contributed by atoms with van der Waals surface area (Å²) in [6.45, 7) is 2.41. The summed E-state index contributed by atoms with van der Waals surface area (Å²) in [6.07, 6.45) is 1.45. The Morgan fingerprint density at radius 1 is 1.21 bits per heavy atom. The third-order valence-corrected chi connectivity index (χ3v) is 3.39. The summed E-state index contributed by atoms with van der Waals surface area (Å²) in [5.41, 5.74) is 6.44. The maximum atomic E-state index is 5.98. The average molecular weight is 277 g/mol. The van der Waals surface area contributed by atoms with Crippen LogP contribution in [0.4, 0.5) is 5.69 Å². The van der Waals surface area contributed by atoms with Crippen LogP contribution in [-0.2, 0) is 0 Å². The predicted octanol–water partition coefficient (Wildman–Crippen LogP) is 2.62. The van der Waals surface area contributed by atoms with Crippen LogP contribution in [0.5, 0.6) is 11.6 Å². The Labute approximate surface area is 116 Å². The van der Waals surface area contributed by atoms with Crippen molar-refractivity contribution in [1.29, 1.82) is 0 Å². The molecule has 0 aliphatic carbocycles. The number of anilines is 1. The van der Waals surface area contributed by atoms with E-state index in [1.54, 1.807) is 7.11 Å². The SMILES string of the molecule is CCOc1ncnc(Sc2ccc(OC)cc2)c1N. The molecule has 19 heavy (non-hydrogen) atoms. The Kier molecular flexibility index (Phi) is 4.46. The normalized spacial score (nSPS) is 10.2. The molecule has 2 aromatic rings. The Balaban J connectivity index is 2.20. The summed E-state index contributed by atoms with van der Waals surface area (Å²) in [6, 6.07) is 7.68. The topological polar surface area (TPSA) is 70.3 Å². The number of hydrogen-bond acceptors (Lipinski definition) is 6. The van der Waals surface area contributed by atoms with Gasteiger partial charge >= 0.3 is 0 Å². The Morgan fingerprint density at radius 2 is 1.95 bits per heavy atom. The van der Waals surface area contributed by atoms with Crippen LogP contribution >= 0.6 is 11.8 Å². The van der Waals surface area contributed by atoms with Crippen molar-refractivity contribution in [1.82, 2.24) is 9.97 Å². The number of nitrogens with zero attached hydrogens (tertiary/aromatic N) is 2. The molecule has 0 saturated heterocycles. The molecule has 6 heteroatoms. The zero-order valence-electron chi connectivity index (χ0n) is 10.8. The van der Waals surface area contributed by atoms with Gasteiger partial charge in [-0.15, -0.1) is 0 Å². The van der Waals surface area contributed by atoms with E-state index in [2.05, 4.69) is 9.97 Å². The van der Waals surface area contributed by atoms with Gasteiger partial charge in [0.15, 0.2) is 0 Å². The smallest absolute Gasteiger partial charge is 0.241 e. The standard InChI is InChI=1S/C13H15N3O2S/c1-3-18-12-11(14)13(16-8-15-12)19-10-6-4-9(17-2)5-7-10/h4-8H,3,14H2,1-2H3. The van der Waals surface area contributed by atoms with Crippen molar-refractivity contribution < 1.29 is 9.47 Å². The van der Waals surface area contributed by atoms with Gasteiger partial charge in [0.05, 0.1) is 13.7 Å². The first-order chi connectivity index (χ1) is 9.24. The van der Waals surface area contributed by atoms with Gasteiger partial charge in [-0.25, -0.2) is 4.98 Å². The third kappa shape index (κ3) is 3.29. The van der Waals surface area contributed by atoms with E-state index in [1.165, 1.54) is 18.1 Å². The average Bonchev–Trinajstić information content (AvgIpc) is 2.44. The van der Waals surface area contributed by atoms with E-state index in [9.17, 15) is 0 Å². The molecule has 0 spiro atoms. The first-order valence-electron chi connectivity index (χ1n) is 5.79. The van der Waals surface area contributed by atoms with Crippen LogP contribution in [0, 0.1) is 0 Å². The molecule has 5 nitrogen and oxygen atoms in total. The molecular formula is C13H15N3O2S. The van der Waals surface area contributed by atoms with Crippen LogP contribution in [0.2, 0.25) is 0 Å².